The maximum atomic E-state index is 6.13. The lowest BCUT2D eigenvalue weighted by Crippen LogP contribution is -1.96. The van der Waals surface area contributed by atoms with Crippen molar-refractivity contribution in [2.24, 2.45) is 0 Å². The third-order valence-corrected chi connectivity index (χ3v) is 9.36. The lowest BCUT2D eigenvalue weighted by molar-refractivity contribution is 0.631. The van der Waals surface area contributed by atoms with E-state index in [1.54, 1.807) is 0 Å². The van der Waals surface area contributed by atoms with Crippen molar-refractivity contribution in [3.8, 4) is 67.9 Å². The predicted molar refractivity (Wildman–Crippen MR) is 204 cm³/mol. The fraction of sp³-hybridized carbons (Fsp3) is 0. The fourth-order valence-electron chi connectivity index (χ4n) is 6.64. The lowest BCUT2D eigenvalue weighted by atomic mass is 10.0. The van der Waals surface area contributed by atoms with Crippen molar-refractivity contribution in [3.63, 3.8) is 0 Å². The molecule has 5 nitrogen and oxygen atoms in total. The number of rotatable bonds is 6. The van der Waals surface area contributed by atoms with Gasteiger partial charge in [-0.3, -0.25) is 0 Å². The van der Waals surface area contributed by atoms with Gasteiger partial charge >= 0.3 is 0 Å². The van der Waals surface area contributed by atoms with E-state index in [0.717, 1.165) is 95.0 Å². The largest absolute Gasteiger partial charge is 0.456 e. The van der Waals surface area contributed by atoms with Crippen LogP contribution in [-0.2, 0) is 0 Å². The van der Waals surface area contributed by atoms with Crippen LogP contribution in [0.3, 0.4) is 0 Å². The normalized spacial score (nSPS) is 11.5. The highest BCUT2D eigenvalue weighted by Crippen LogP contribution is 2.34. The van der Waals surface area contributed by atoms with E-state index < -0.39 is 0 Å². The van der Waals surface area contributed by atoms with Crippen LogP contribution >= 0.6 is 0 Å². The molecule has 4 heterocycles. The van der Waals surface area contributed by atoms with Gasteiger partial charge < -0.3 is 13.3 Å². The summed E-state index contributed by atoms with van der Waals surface area (Å²) in [5, 5.41) is 3.24. The Bertz CT molecular complexity index is 2420. The van der Waals surface area contributed by atoms with Gasteiger partial charge in [0.1, 0.15) is 34.0 Å². The van der Waals surface area contributed by atoms with Crippen LogP contribution in [0.5, 0.6) is 0 Å². The van der Waals surface area contributed by atoms with Crippen LogP contribution in [0.1, 0.15) is 0 Å². The van der Waals surface area contributed by atoms with Gasteiger partial charge in [0.15, 0.2) is 5.82 Å². The van der Waals surface area contributed by atoms with E-state index in [-0.39, 0.29) is 0 Å². The first-order valence-electron chi connectivity index (χ1n) is 16.9. The molecule has 0 amide bonds. The number of para-hydroxylation sites is 3. The van der Waals surface area contributed by atoms with Gasteiger partial charge in [-0.1, -0.05) is 127 Å². The molecule has 10 aromatic rings. The van der Waals surface area contributed by atoms with Crippen LogP contribution < -0.4 is 0 Å². The first kappa shape index (κ1) is 29.0. The number of nitrogens with zero attached hydrogens (tertiary/aromatic N) is 2. The minimum absolute atomic E-state index is 0.640. The van der Waals surface area contributed by atoms with Gasteiger partial charge in [0.25, 0.3) is 0 Å². The Hall–Kier alpha value is -6.98. The van der Waals surface area contributed by atoms with Gasteiger partial charge in [0.05, 0.1) is 11.4 Å². The van der Waals surface area contributed by atoms with E-state index in [4.69, 9.17) is 23.2 Å². The standard InChI is InChI=1S/C46H28N2O3/c1-4-10-40-35(7-1)25-43(49-40)31-17-13-29(14-18-31)38-28-39(30-15-19-32(20-16-30)44-26-36-8-2-5-11-41(36)50-44)48-46(47-38)34-23-21-33(22-24-34)45-27-37-9-3-6-12-42(37)51-45/h1-28H. The highest BCUT2D eigenvalue weighted by Gasteiger charge is 2.14. The summed E-state index contributed by atoms with van der Waals surface area (Å²) < 4.78 is 18.4. The number of furan rings is 3. The van der Waals surface area contributed by atoms with Gasteiger partial charge in [-0.15, -0.1) is 0 Å². The van der Waals surface area contributed by atoms with Crippen molar-refractivity contribution in [2.75, 3.05) is 0 Å². The molecule has 0 aliphatic rings. The van der Waals surface area contributed by atoms with Gasteiger partial charge in [-0.2, -0.15) is 0 Å². The van der Waals surface area contributed by atoms with Crippen LogP contribution in [0.2, 0.25) is 0 Å². The summed E-state index contributed by atoms with van der Waals surface area (Å²) in [5.41, 5.74) is 10.2. The third-order valence-electron chi connectivity index (χ3n) is 9.36. The molecule has 4 aromatic heterocycles. The Morgan fingerprint density at radius 3 is 0.961 bits per heavy atom. The van der Waals surface area contributed by atoms with Crippen molar-refractivity contribution in [3.05, 3.63) is 170 Å². The third kappa shape index (κ3) is 5.38. The summed E-state index contributed by atoms with van der Waals surface area (Å²) >= 11 is 0. The zero-order valence-electron chi connectivity index (χ0n) is 27.3. The number of aromatic nitrogens is 2. The van der Waals surface area contributed by atoms with E-state index in [9.17, 15) is 0 Å². The van der Waals surface area contributed by atoms with E-state index in [2.05, 4.69) is 115 Å². The van der Waals surface area contributed by atoms with Gasteiger partial charge in [-0.25, -0.2) is 9.97 Å². The molecule has 5 heteroatoms. The number of hydrogen-bond donors (Lipinski definition) is 0. The molecule has 0 aliphatic heterocycles. The lowest BCUT2D eigenvalue weighted by Gasteiger charge is -2.10. The molecule has 51 heavy (non-hydrogen) atoms. The molecular weight excluding hydrogens is 629 g/mol. The van der Waals surface area contributed by atoms with Crippen LogP contribution in [0, 0.1) is 0 Å². The summed E-state index contributed by atoms with van der Waals surface area (Å²) in [6, 6.07) is 57.4. The average molecular weight is 657 g/mol. The molecular formula is C46H28N2O3. The Morgan fingerprint density at radius 1 is 0.294 bits per heavy atom. The molecule has 0 unspecified atom stereocenters. The zero-order valence-corrected chi connectivity index (χ0v) is 27.3. The zero-order chi connectivity index (χ0) is 33.7. The second-order valence-corrected chi connectivity index (χ2v) is 12.6. The maximum Gasteiger partial charge on any atom is 0.160 e. The summed E-state index contributed by atoms with van der Waals surface area (Å²) in [6.45, 7) is 0. The second kappa shape index (κ2) is 11.9. The maximum absolute atomic E-state index is 6.13. The number of fused-ring (bicyclic) bond motifs is 3. The number of benzene rings is 6. The Labute approximate surface area is 293 Å². The predicted octanol–water partition coefficient (Wildman–Crippen LogP) is 12.7. The molecule has 0 N–H and O–H groups in total. The summed E-state index contributed by atoms with van der Waals surface area (Å²) in [7, 11) is 0. The molecule has 0 aliphatic carbocycles. The molecule has 6 aromatic carbocycles. The molecule has 240 valence electrons. The molecule has 0 spiro atoms. The van der Waals surface area contributed by atoms with Crippen LogP contribution in [-0.4, -0.2) is 9.97 Å². The molecule has 0 saturated carbocycles. The highest BCUT2D eigenvalue weighted by molar-refractivity contribution is 5.85. The Morgan fingerprint density at radius 2 is 0.608 bits per heavy atom. The minimum atomic E-state index is 0.640. The SMILES string of the molecule is c1ccc2oc(-c3ccc(-c4cc(-c5ccc(-c6cc7ccccc7o6)cc5)nc(-c5ccc(-c6cc7ccccc7o6)cc5)n4)cc3)cc2c1. The van der Waals surface area contributed by atoms with Crippen molar-refractivity contribution >= 4 is 32.9 Å². The van der Waals surface area contributed by atoms with Crippen molar-refractivity contribution in [2.45, 2.75) is 0 Å². The van der Waals surface area contributed by atoms with Gasteiger partial charge in [-0.05, 0) is 42.5 Å². The number of hydrogen-bond acceptors (Lipinski definition) is 5. The minimum Gasteiger partial charge on any atom is -0.456 e. The van der Waals surface area contributed by atoms with Gasteiger partial charge in [0.2, 0.25) is 0 Å². The van der Waals surface area contributed by atoms with Crippen molar-refractivity contribution in [1.29, 1.82) is 0 Å². The first-order chi connectivity index (χ1) is 25.2. The van der Waals surface area contributed by atoms with E-state index >= 15 is 0 Å². The summed E-state index contributed by atoms with van der Waals surface area (Å²) in [4.78, 5) is 10.2. The van der Waals surface area contributed by atoms with Gasteiger partial charge in [0, 0.05) is 49.5 Å². The van der Waals surface area contributed by atoms with E-state index in [0.29, 0.717) is 5.82 Å². The van der Waals surface area contributed by atoms with Crippen LogP contribution in [0.15, 0.2) is 183 Å². The van der Waals surface area contributed by atoms with Crippen LogP contribution in [0.4, 0.5) is 0 Å². The molecule has 10 rings (SSSR count). The topological polar surface area (TPSA) is 65.2 Å². The van der Waals surface area contributed by atoms with Crippen LogP contribution in [0.25, 0.3) is 101 Å². The molecule has 0 atom stereocenters. The monoisotopic (exact) mass is 656 g/mol. The Balaban J connectivity index is 1.03. The van der Waals surface area contributed by atoms with E-state index in [1.807, 2.05) is 54.6 Å². The average Bonchev–Trinajstić information content (AvgIpc) is 3.95. The summed E-state index contributed by atoms with van der Waals surface area (Å²) in [6.07, 6.45) is 0. The molecule has 0 bridgehead atoms. The van der Waals surface area contributed by atoms with E-state index in [1.165, 1.54) is 0 Å². The molecule has 0 fully saturated rings. The van der Waals surface area contributed by atoms with Crippen molar-refractivity contribution in [1.82, 2.24) is 9.97 Å². The smallest absolute Gasteiger partial charge is 0.160 e. The second-order valence-electron chi connectivity index (χ2n) is 12.6. The first-order valence-corrected chi connectivity index (χ1v) is 16.9. The molecule has 0 saturated heterocycles. The summed E-state index contributed by atoms with van der Waals surface area (Å²) in [5.74, 6) is 3.13. The fourth-order valence-corrected chi connectivity index (χ4v) is 6.64. The highest BCUT2D eigenvalue weighted by atomic mass is 16.3. The van der Waals surface area contributed by atoms with Crippen molar-refractivity contribution < 1.29 is 13.3 Å². The molecule has 0 radical (unpaired) electrons. The Kier molecular flexibility index (Phi) is 6.74. The quantitative estimate of drug-likeness (QED) is 0.178.